The summed E-state index contributed by atoms with van der Waals surface area (Å²) in [6, 6.07) is 7.19. The van der Waals surface area contributed by atoms with Gasteiger partial charge in [-0.25, -0.2) is 13.6 Å². The number of ether oxygens (including phenoxy) is 2. The van der Waals surface area contributed by atoms with Crippen molar-refractivity contribution in [1.29, 1.82) is 0 Å². The van der Waals surface area contributed by atoms with Crippen molar-refractivity contribution in [2.75, 3.05) is 7.11 Å². The van der Waals surface area contributed by atoms with Crippen molar-refractivity contribution in [3.05, 3.63) is 24.3 Å². The van der Waals surface area contributed by atoms with E-state index in [0.717, 1.165) is 12.8 Å². The molecule has 4 aliphatic rings. The third kappa shape index (κ3) is 3.50. The maximum Gasteiger partial charge on any atom is 0.263 e. The minimum Gasteiger partial charge on any atom is -0.493 e. The zero-order chi connectivity index (χ0) is 21.0. The average Bonchev–Trinajstić information content (AvgIpc) is 2.63. The second-order valence-corrected chi connectivity index (χ2v) is 11.4. The number of primary sulfonamides is 1. The smallest absolute Gasteiger partial charge is 0.263 e. The lowest BCUT2D eigenvalue weighted by Gasteiger charge is -2.59. The normalized spacial score (nSPS) is 33.4. The van der Waals surface area contributed by atoms with Crippen molar-refractivity contribution >= 4 is 15.9 Å². The Bertz CT molecular complexity index is 897. The van der Waals surface area contributed by atoms with Crippen LogP contribution in [0.1, 0.15) is 46.0 Å². The van der Waals surface area contributed by atoms with Crippen LogP contribution in [0.3, 0.4) is 0 Å². The van der Waals surface area contributed by atoms with E-state index >= 15 is 0 Å². The Morgan fingerprint density at radius 3 is 2.28 bits per heavy atom. The number of hydrogen-bond donors (Lipinski definition) is 2. The molecule has 1 aromatic rings. The van der Waals surface area contributed by atoms with Crippen LogP contribution >= 0.6 is 0 Å². The molecule has 0 aliphatic heterocycles. The highest BCUT2D eigenvalue weighted by atomic mass is 32.2. The summed E-state index contributed by atoms with van der Waals surface area (Å²) in [6.07, 6.45) is 3.65. The molecule has 0 aromatic heterocycles. The monoisotopic (exact) mass is 422 g/mol. The Morgan fingerprint density at radius 1 is 1.14 bits per heavy atom. The van der Waals surface area contributed by atoms with Gasteiger partial charge in [-0.2, -0.15) is 0 Å². The number of sulfonamides is 1. The Balaban J connectivity index is 1.49. The molecule has 4 fully saturated rings. The van der Waals surface area contributed by atoms with Crippen LogP contribution in [0.2, 0.25) is 0 Å². The molecular formula is C21H30N2O5S. The molecule has 0 radical (unpaired) electrons. The fraction of sp³-hybridized carbons (Fsp3) is 0.667. The number of amides is 1. The first-order chi connectivity index (χ1) is 13.5. The highest BCUT2D eigenvalue weighted by Crippen LogP contribution is 2.58. The summed E-state index contributed by atoms with van der Waals surface area (Å²) in [7, 11) is -2.04. The molecule has 29 heavy (non-hydrogen) atoms. The first kappa shape index (κ1) is 20.5. The Labute approximate surface area is 172 Å². The van der Waals surface area contributed by atoms with Gasteiger partial charge in [-0.3, -0.25) is 4.79 Å². The second kappa shape index (κ2) is 6.87. The number of hydrogen-bond acceptors (Lipinski definition) is 5. The van der Waals surface area contributed by atoms with Crippen molar-refractivity contribution in [2.45, 2.75) is 62.3 Å². The number of carbonyl (C=O) groups excluding carboxylic acids is 1. The predicted molar refractivity (Wildman–Crippen MR) is 109 cm³/mol. The molecule has 4 aliphatic carbocycles. The van der Waals surface area contributed by atoms with Crippen LogP contribution < -0.4 is 19.9 Å². The fourth-order valence-corrected chi connectivity index (χ4v) is 7.24. The van der Waals surface area contributed by atoms with Crippen LogP contribution in [0.5, 0.6) is 11.5 Å². The first-order valence-corrected chi connectivity index (χ1v) is 11.7. The molecule has 4 saturated carbocycles. The van der Waals surface area contributed by atoms with Gasteiger partial charge in [0.05, 0.1) is 11.9 Å². The van der Waals surface area contributed by atoms with Gasteiger partial charge in [0.2, 0.25) is 10.0 Å². The zero-order valence-electron chi connectivity index (χ0n) is 17.2. The zero-order valence-corrected chi connectivity index (χ0v) is 18.0. The molecule has 1 amide bonds. The van der Waals surface area contributed by atoms with E-state index in [1.807, 2.05) is 12.1 Å². The molecular weight excluding hydrogens is 392 g/mol. The van der Waals surface area contributed by atoms with E-state index in [4.69, 9.17) is 14.6 Å². The second-order valence-electron chi connectivity index (χ2n) is 9.46. The quantitative estimate of drug-likeness (QED) is 0.731. The van der Waals surface area contributed by atoms with Gasteiger partial charge >= 0.3 is 0 Å². The van der Waals surface area contributed by atoms with Crippen LogP contribution in [0.4, 0.5) is 0 Å². The number of methoxy groups -OCH3 is 1. The number of carbonyl (C=O) groups is 1. The Morgan fingerprint density at radius 2 is 1.72 bits per heavy atom. The summed E-state index contributed by atoms with van der Waals surface area (Å²) in [5.41, 5.74) is -1.10. The van der Waals surface area contributed by atoms with E-state index in [1.54, 1.807) is 33.1 Å². The molecule has 5 rings (SSSR count). The van der Waals surface area contributed by atoms with Crippen molar-refractivity contribution < 1.29 is 22.7 Å². The van der Waals surface area contributed by atoms with E-state index in [-0.39, 0.29) is 23.8 Å². The van der Waals surface area contributed by atoms with E-state index in [9.17, 15) is 13.2 Å². The molecule has 7 nitrogen and oxygen atoms in total. The molecule has 8 heteroatoms. The summed E-state index contributed by atoms with van der Waals surface area (Å²) >= 11 is 0. The van der Waals surface area contributed by atoms with Crippen molar-refractivity contribution in [1.82, 2.24) is 5.32 Å². The number of rotatable bonds is 6. The summed E-state index contributed by atoms with van der Waals surface area (Å²) in [5, 5.41) is 8.81. The van der Waals surface area contributed by atoms with E-state index in [2.05, 4.69) is 5.32 Å². The number of nitrogens with two attached hydrogens (primary N) is 1. The molecule has 4 bridgehead atoms. The van der Waals surface area contributed by atoms with Crippen LogP contribution in [-0.4, -0.2) is 37.8 Å². The molecule has 1 aromatic carbocycles. The Kier molecular flexibility index (Phi) is 4.85. The lowest BCUT2D eigenvalue weighted by Crippen LogP contribution is -2.66. The van der Waals surface area contributed by atoms with Gasteiger partial charge in [-0.05, 0) is 75.8 Å². The third-order valence-corrected chi connectivity index (χ3v) is 8.81. The SMILES string of the molecule is COc1ccccc1OC(C)(C)C(=O)NC1C2CC3CC1CC(S(N)(=O)=O)(C3)C2. The van der Waals surface area contributed by atoms with Crippen LogP contribution in [0.15, 0.2) is 24.3 Å². The van der Waals surface area contributed by atoms with Crippen molar-refractivity contribution in [2.24, 2.45) is 22.9 Å². The molecule has 0 spiro atoms. The van der Waals surface area contributed by atoms with E-state index in [0.29, 0.717) is 36.7 Å². The summed E-state index contributed by atoms with van der Waals surface area (Å²) in [6.45, 7) is 3.47. The van der Waals surface area contributed by atoms with Crippen LogP contribution in [-0.2, 0) is 14.8 Å². The van der Waals surface area contributed by atoms with Crippen LogP contribution in [0.25, 0.3) is 0 Å². The van der Waals surface area contributed by atoms with Crippen molar-refractivity contribution in [3.63, 3.8) is 0 Å². The van der Waals surface area contributed by atoms with Crippen LogP contribution in [0, 0.1) is 17.8 Å². The topological polar surface area (TPSA) is 108 Å². The fourth-order valence-electron chi connectivity index (χ4n) is 5.88. The maximum atomic E-state index is 13.1. The molecule has 160 valence electrons. The standard InChI is InChI=1S/C21H30N2O5S/c1-20(2,28-17-7-5-4-6-16(17)27-3)19(24)23-18-14-8-13-9-15(18)12-21(10-13,11-14)29(22,25)26/h4-7,13-15,18H,8-12H2,1-3H3,(H,23,24)(H2,22,25,26). The van der Waals surface area contributed by atoms with Gasteiger partial charge in [0.15, 0.2) is 17.1 Å². The van der Waals surface area contributed by atoms with Crippen molar-refractivity contribution in [3.8, 4) is 11.5 Å². The first-order valence-electron chi connectivity index (χ1n) is 10.2. The van der Waals surface area contributed by atoms with Gasteiger partial charge in [0, 0.05) is 6.04 Å². The van der Waals surface area contributed by atoms with Gasteiger partial charge in [-0.15, -0.1) is 0 Å². The maximum absolute atomic E-state index is 13.1. The minimum absolute atomic E-state index is 0.0329. The lowest BCUT2D eigenvalue weighted by molar-refractivity contribution is -0.138. The Hall–Kier alpha value is -1.80. The number of para-hydroxylation sites is 2. The molecule has 0 heterocycles. The van der Waals surface area contributed by atoms with Gasteiger partial charge in [0.25, 0.3) is 5.91 Å². The number of benzene rings is 1. The largest absolute Gasteiger partial charge is 0.493 e. The van der Waals surface area contributed by atoms with Gasteiger partial charge < -0.3 is 14.8 Å². The summed E-state index contributed by atoms with van der Waals surface area (Å²) < 4.78 is 35.1. The highest BCUT2D eigenvalue weighted by molar-refractivity contribution is 7.90. The van der Waals surface area contributed by atoms with Gasteiger partial charge in [-0.1, -0.05) is 12.1 Å². The average molecular weight is 423 g/mol. The lowest BCUT2D eigenvalue weighted by atomic mass is 9.53. The third-order valence-electron chi connectivity index (χ3n) is 7.10. The van der Waals surface area contributed by atoms with E-state index in [1.165, 1.54) is 0 Å². The summed E-state index contributed by atoms with van der Waals surface area (Å²) in [4.78, 5) is 13.1. The molecule has 2 unspecified atom stereocenters. The molecule has 3 N–H and O–H groups in total. The molecule has 0 saturated heterocycles. The number of nitrogens with one attached hydrogen (secondary N) is 1. The van der Waals surface area contributed by atoms with Gasteiger partial charge in [0.1, 0.15) is 0 Å². The van der Waals surface area contributed by atoms with E-state index < -0.39 is 20.4 Å². The predicted octanol–water partition coefficient (Wildman–Crippen LogP) is 2.20. The highest BCUT2D eigenvalue weighted by Gasteiger charge is 2.60. The minimum atomic E-state index is -3.60. The summed E-state index contributed by atoms with van der Waals surface area (Å²) in [5.74, 6) is 1.55. The molecule has 2 atom stereocenters.